The predicted octanol–water partition coefficient (Wildman–Crippen LogP) is 1.99. The molecule has 0 fully saturated rings. The zero-order chi connectivity index (χ0) is 14.6. The standard InChI is InChI=1S/C11H18N4O3S/c1-5-12-11-13-6(2)9(15(17)18)10(14-11)19-8(4)7(3)16/h7-8,16H,5H2,1-4H3,(H,12,13,14). The number of aliphatic hydroxyl groups is 1. The number of hydrogen-bond donors (Lipinski definition) is 2. The second-order valence-electron chi connectivity index (χ2n) is 4.14. The number of aliphatic hydroxyl groups excluding tert-OH is 1. The van der Waals surface area contributed by atoms with Gasteiger partial charge < -0.3 is 10.4 Å². The molecule has 0 bridgehead atoms. The van der Waals surface area contributed by atoms with E-state index in [1.807, 2.05) is 6.92 Å². The molecule has 106 valence electrons. The maximum Gasteiger partial charge on any atom is 0.322 e. The fourth-order valence-electron chi connectivity index (χ4n) is 1.34. The van der Waals surface area contributed by atoms with Gasteiger partial charge in [-0.2, -0.15) is 4.98 Å². The average molecular weight is 286 g/mol. The van der Waals surface area contributed by atoms with Crippen LogP contribution in [0.1, 0.15) is 26.5 Å². The molecule has 0 aromatic carbocycles. The van der Waals surface area contributed by atoms with Crippen LogP contribution in [0.15, 0.2) is 5.03 Å². The molecule has 0 aliphatic carbocycles. The van der Waals surface area contributed by atoms with Crippen LogP contribution in [0.3, 0.4) is 0 Å². The molecule has 0 aliphatic heterocycles. The number of rotatable bonds is 6. The molecule has 0 amide bonds. The minimum absolute atomic E-state index is 0.0980. The Kier molecular flexibility index (Phi) is 5.49. The molecule has 0 spiro atoms. The van der Waals surface area contributed by atoms with E-state index in [0.29, 0.717) is 18.2 Å². The largest absolute Gasteiger partial charge is 0.392 e. The van der Waals surface area contributed by atoms with E-state index < -0.39 is 11.0 Å². The summed E-state index contributed by atoms with van der Waals surface area (Å²) in [5.41, 5.74) is 0.218. The molecular formula is C11H18N4O3S. The number of thioether (sulfide) groups is 1. The summed E-state index contributed by atoms with van der Waals surface area (Å²) in [7, 11) is 0. The number of aryl methyl sites for hydroxylation is 1. The van der Waals surface area contributed by atoms with Gasteiger partial charge in [-0.05, 0) is 20.8 Å². The number of anilines is 1. The SMILES string of the molecule is CCNc1nc(C)c([N+](=O)[O-])c(SC(C)C(C)O)n1. The number of nitro groups is 1. The Bertz CT molecular complexity index is 467. The zero-order valence-corrected chi connectivity index (χ0v) is 12.2. The van der Waals surface area contributed by atoms with E-state index in [1.165, 1.54) is 11.8 Å². The highest BCUT2D eigenvalue weighted by atomic mass is 32.2. The van der Waals surface area contributed by atoms with E-state index in [2.05, 4.69) is 15.3 Å². The highest BCUT2D eigenvalue weighted by Gasteiger charge is 2.25. The minimum atomic E-state index is -0.581. The Morgan fingerprint density at radius 2 is 2.11 bits per heavy atom. The molecule has 1 rings (SSSR count). The van der Waals surface area contributed by atoms with Crippen LogP contribution in [-0.4, -0.2) is 37.9 Å². The van der Waals surface area contributed by atoms with Crippen LogP contribution < -0.4 is 5.32 Å². The van der Waals surface area contributed by atoms with Crippen molar-refractivity contribution in [2.75, 3.05) is 11.9 Å². The highest BCUT2D eigenvalue weighted by Crippen LogP contribution is 2.33. The van der Waals surface area contributed by atoms with Crippen LogP contribution >= 0.6 is 11.8 Å². The summed E-state index contributed by atoms with van der Waals surface area (Å²) in [5.74, 6) is 0.367. The van der Waals surface area contributed by atoms with Gasteiger partial charge in [0.25, 0.3) is 0 Å². The molecule has 19 heavy (non-hydrogen) atoms. The molecule has 1 aromatic rings. The van der Waals surface area contributed by atoms with Gasteiger partial charge in [0.1, 0.15) is 5.69 Å². The van der Waals surface area contributed by atoms with E-state index in [1.54, 1.807) is 20.8 Å². The lowest BCUT2D eigenvalue weighted by Crippen LogP contribution is -2.16. The van der Waals surface area contributed by atoms with Crippen molar-refractivity contribution in [1.82, 2.24) is 9.97 Å². The second kappa shape index (κ2) is 6.67. The molecule has 0 saturated heterocycles. The summed E-state index contributed by atoms with van der Waals surface area (Å²) in [5, 5.41) is 23.6. The number of hydrogen-bond acceptors (Lipinski definition) is 7. The maximum atomic E-state index is 11.1. The van der Waals surface area contributed by atoms with E-state index in [0.717, 1.165) is 0 Å². The molecule has 0 aliphatic rings. The third-order valence-corrected chi connectivity index (χ3v) is 3.79. The lowest BCUT2D eigenvalue weighted by Gasteiger charge is -2.14. The van der Waals surface area contributed by atoms with Gasteiger partial charge in [-0.25, -0.2) is 4.98 Å². The summed E-state index contributed by atoms with van der Waals surface area (Å²) in [6, 6.07) is 0. The van der Waals surface area contributed by atoms with Crippen molar-refractivity contribution in [1.29, 1.82) is 0 Å². The van der Waals surface area contributed by atoms with Gasteiger partial charge in [0, 0.05) is 11.8 Å². The first-order valence-electron chi connectivity index (χ1n) is 5.98. The highest BCUT2D eigenvalue weighted by molar-refractivity contribution is 8.00. The van der Waals surface area contributed by atoms with Crippen LogP contribution in [0, 0.1) is 17.0 Å². The number of aromatic nitrogens is 2. The Morgan fingerprint density at radius 1 is 1.47 bits per heavy atom. The van der Waals surface area contributed by atoms with Crippen LogP contribution in [0.25, 0.3) is 0 Å². The monoisotopic (exact) mass is 286 g/mol. The number of nitrogens with zero attached hydrogens (tertiary/aromatic N) is 3. The van der Waals surface area contributed by atoms with E-state index in [-0.39, 0.29) is 16.0 Å². The first-order valence-corrected chi connectivity index (χ1v) is 6.86. The van der Waals surface area contributed by atoms with Crippen molar-refractivity contribution in [2.45, 2.75) is 44.1 Å². The average Bonchev–Trinajstić information content (AvgIpc) is 2.27. The summed E-state index contributed by atoms with van der Waals surface area (Å²) in [4.78, 5) is 18.8. The maximum absolute atomic E-state index is 11.1. The Labute approximate surface area is 116 Å². The van der Waals surface area contributed by atoms with Crippen molar-refractivity contribution in [2.24, 2.45) is 0 Å². The molecule has 2 unspecified atom stereocenters. The smallest absolute Gasteiger partial charge is 0.322 e. The van der Waals surface area contributed by atoms with Crippen molar-refractivity contribution >= 4 is 23.4 Å². The topological polar surface area (TPSA) is 101 Å². The molecule has 8 heteroatoms. The molecule has 1 heterocycles. The van der Waals surface area contributed by atoms with Crippen LogP contribution in [0.5, 0.6) is 0 Å². The van der Waals surface area contributed by atoms with Gasteiger partial charge in [-0.3, -0.25) is 10.1 Å². The van der Waals surface area contributed by atoms with Crippen LogP contribution in [-0.2, 0) is 0 Å². The first-order chi connectivity index (χ1) is 8.86. The molecule has 0 radical (unpaired) electrons. The van der Waals surface area contributed by atoms with Crippen molar-refractivity contribution in [3.8, 4) is 0 Å². The van der Waals surface area contributed by atoms with Crippen molar-refractivity contribution < 1.29 is 10.0 Å². The second-order valence-corrected chi connectivity index (χ2v) is 5.50. The third-order valence-electron chi connectivity index (χ3n) is 2.52. The third kappa shape index (κ3) is 4.03. The number of nitrogens with one attached hydrogen (secondary N) is 1. The van der Waals surface area contributed by atoms with E-state index in [4.69, 9.17) is 0 Å². The summed E-state index contributed by atoms with van der Waals surface area (Å²) in [6.45, 7) is 7.54. The fraction of sp³-hybridized carbons (Fsp3) is 0.636. The summed E-state index contributed by atoms with van der Waals surface area (Å²) in [6.07, 6.45) is -0.581. The van der Waals surface area contributed by atoms with Crippen LogP contribution in [0.4, 0.5) is 11.6 Å². The Hall–Kier alpha value is -1.41. The molecule has 1 aromatic heterocycles. The normalized spacial score (nSPS) is 13.9. The summed E-state index contributed by atoms with van der Waals surface area (Å²) >= 11 is 1.18. The minimum Gasteiger partial charge on any atom is -0.392 e. The lowest BCUT2D eigenvalue weighted by atomic mass is 10.3. The summed E-state index contributed by atoms with van der Waals surface area (Å²) < 4.78 is 0. The van der Waals surface area contributed by atoms with E-state index >= 15 is 0 Å². The Balaban J connectivity index is 3.19. The van der Waals surface area contributed by atoms with Gasteiger partial charge in [-0.1, -0.05) is 18.7 Å². The molecule has 0 saturated carbocycles. The predicted molar refractivity (Wildman–Crippen MR) is 74.6 cm³/mol. The molecule has 2 N–H and O–H groups in total. The van der Waals surface area contributed by atoms with Crippen molar-refractivity contribution in [3.05, 3.63) is 15.8 Å². The zero-order valence-electron chi connectivity index (χ0n) is 11.4. The van der Waals surface area contributed by atoms with Crippen LogP contribution in [0.2, 0.25) is 0 Å². The van der Waals surface area contributed by atoms with Gasteiger partial charge in [0.15, 0.2) is 5.03 Å². The Morgan fingerprint density at radius 3 is 2.58 bits per heavy atom. The van der Waals surface area contributed by atoms with E-state index in [9.17, 15) is 15.2 Å². The molecular weight excluding hydrogens is 268 g/mol. The molecule has 7 nitrogen and oxygen atoms in total. The fourth-order valence-corrected chi connectivity index (χ4v) is 2.37. The van der Waals surface area contributed by atoms with Gasteiger partial charge in [0.05, 0.1) is 11.0 Å². The first kappa shape index (κ1) is 15.6. The van der Waals surface area contributed by atoms with Gasteiger partial charge in [0.2, 0.25) is 5.95 Å². The molecule has 2 atom stereocenters. The quantitative estimate of drug-likeness (QED) is 0.357. The van der Waals surface area contributed by atoms with Gasteiger partial charge >= 0.3 is 5.69 Å². The van der Waals surface area contributed by atoms with Crippen molar-refractivity contribution in [3.63, 3.8) is 0 Å². The van der Waals surface area contributed by atoms with Gasteiger partial charge in [-0.15, -0.1) is 0 Å². The lowest BCUT2D eigenvalue weighted by molar-refractivity contribution is -0.389.